The van der Waals surface area contributed by atoms with Gasteiger partial charge in [0.05, 0.1) is 0 Å². The number of aromatic nitrogens is 2. The van der Waals surface area contributed by atoms with Crippen LogP contribution in [-0.2, 0) is 0 Å². The van der Waals surface area contributed by atoms with Gasteiger partial charge in [-0.15, -0.1) is 0 Å². The van der Waals surface area contributed by atoms with E-state index in [0.29, 0.717) is 5.82 Å². The summed E-state index contributed by atoms with van der Waals surface area (Å²) in [5, 5.41) is 1.08. The van der Waals surface area contributed by atoms with Crippen LogP contribution in [0.3, 0.4) is 0 Å². The van der Waals surface area contributed by atoms with Crippen LogP contribution in [0.15, 0.2) is 28.7 Å². The molecule has 4 heteroatoms. The summed E-state index contributed by atoms with van der Waals surface area (Å²) in [6.45, 7) is 8.09. The van der Waals surface area contributed by atoms with Gasteiger partial charge in [0.15, 0.2) is 5.76 Å². The van der Waals surface area contributed by atoms with Crippen LogP contribution in [0.1, 0.15) is 36.7 Å². The molecule has 0 saturated carbocycles. The van der Waals surface area contributed by atoms with E-state index < -0.39 is 0 Å². The minimum absolute atomic E-state index is 0.221. The molecule has 108 valence electrons. The van der Waals surface area contributed by atoms with Crippen LogP contribution >= 0.6 is 0 Å². The van der Waals surface area contributed by atoms with Crippen LogP contribution in [0.25, 0.3) is 22.4 Å². The van der Waals surface area contributed by atoms with Gasteiger partial charge in [-0.2, -0.15) is 0 Å². The highest BCUT2D eigenvalue weighted by atomic mass is 16.3. The number of rotatable bonds is 2. The molecule has 21 heavy (non-hydrogen) atoms. The summed E-state index contributed by atoms with van der Waals surface area (Å²) >= 11 is 0. The molecule has 3 rings (SSSR count). The van der Waals surface area contributed by atoms with Crippen LogP contribution in [0.2, 0.25) is 0 Å². The first-order valence-electron chi connectivity index (χ1n) is 7.10. The Morgan fingerprint density at radius 2 is 1.86 bits per heavy atom. The van der Waals surface area contributed by atoms with Gasteiger partial charge in [0.2, 0.25) is 0 Å². The third kappa shape index (κ3) is 2.37. The predicted octanol–water partition coefficient (Wildman–Crippen LogP) is 4.21. The summed E-state index contributed by atoms with van der Waals surface area (Å²) in [6.07, 6.45) is 0. The molecule has 0 saturated heterocycles. The van der Waals surface area contributed by atoms with E-state index >= 15 is 0 Å². The lowest BCUT2D eigenvalue weighted by molar-refractivity contribution is 0.625. The highest BCUT2D eigenvalue weighted by molar-refractivity contribution is 5.83. The lowest BCUT2D eigenvalue weighted by atomic mass is 10.1. The molecule has 0 radical (unpaired) electrons. The van der Waals surface area contributed by atoms with Crippen molar-refractivity contribution in [2.24, 2.45) is 0 Å². The maximum absolute atomic E-state index is 6.02. The first-order chi connectivity index (χ1) is 9.95. The molecule has 0 aliphatic carbocycles. The van der Waals surface area contributed by atoms with Crippen LogP contribution in [0.5, 0.6) is 0 Å². The fourth-order valence-corrected chi connectivity index (χ4v) is 2.33. The standard InChI is InChI=1S/C17H19N3O/c1-9(2)17-19-15(11(4)16(18)20-17)14-8-12-7-10(3)5-6-13(12)21-14/h5-9H,1-4H3,(H2,18,19,20). The molecule has 0 atom stereocenters. The first-order valence-corrected chi connectivity index (χ1v) is 7.10. The Kier molecular flexibility index (Phi) is 3.16. The number of hydrogen-bond donors (Lipinski definition) is 1. The lowest BCUT2D eigenvalue weighted by Gasteiger charge is -2.10. The topological polar surface area (TPSA) is 64.9 Å². The molecule has 0 aliphatic rings. The molecule has 2 aromatic heterocycles. The summed E-state index contributed by atoms with van der Waals surface area (Å²) in [4.78, 5) is 8.99. The van der Waals surface area contributed by atoms with E-state index in [1.54, 1.807) is 0 Å². The molecule has 0 bridgehead atoms. The number of anilines is 1. The van der Waals surface area contributed by atoms with Crippen LogP contribution < -0.4 is 5.73 Å². The quantitative estimate of drug-likeness (QED) is 0.764. The zero-order chi connectivity index (χ0) is 15.1. The van der Waals surface area contributed by atoms with Crippen molar-refractivity contribution in [3.05, 3.63) is 41.2 Å². The molecule has 0 amide bonds. The molecule has 2 heterocycles. The molecule has 3 aromatic rings. The number of benzene rings is 1. The van der Waals surface area contributed by atoms with Crippen LogP contribution in [-0.4, -0.2) is 9.97 Å². The van der Waals surface area contributed by atoms with Gasteiger partial charge in [0, 0.05) is 16.9 Å². The van der Waals surface area contributed by atoms with Crippen molar-refractivity contribution in [2.45, 2.75) is 33.6 Å². The highest BCUT2D eigenvalue weighted by Gasteiger charge is 2.16. The van der Waals surface area contributed by atoms with Gasteiger partial charge in [0.1, 0.15) is 22.9 Å². The average molecular weight is 281 g/mol. The van der Waals surface area contributed by atoms with E-state index in [1.807, 2.05) is 25.1 Å². The maximum Gasteiger partial charge on any atom is 0.154 e. The molecule has 0 unspecified atom stereocenters. The van der Waals surface area contributed by atoms with Crippen molar-refractivity contribution < 1.29 is 4.42 Å². The fraction of sp³-hybridized carbons (Fsp3) is 0.294. The minimum Gasteiger partial charge on any atom is -0.454 e. The summed E-state index contributed by atoms with van der Waals surface area (Å²) in [5.41, 5.74) is 9.72. The Morgan fingerprint density at radius 3 is 2.57 bits per heavy atom. The van der Waals surface area contributed by atoms with E-state index in [4.69, 9.17) is 10.2 Å². The maximum atomic E-state index is 6.02. The van der Waals surface area contributed by atoms with Crippen molar-refractivity contribution in [2.75, 3.05) is 5.73 Å². The Labute approximate surface area is 124 Å². The second kappa shape index (κ2) is 4.88. The largest absolute Gasteiger partial charge is 0.454 e. The molecule has 4 nitrogen and oxygen atoms in total. The molecule has 2 N–H and O–H groups in total. The van der Waals surface area contributed by atoms with Crippen molar-refractivity contribution in [1.29, 1.82) is 0 Å². The van der Waals surface area contributed by atoms with E-state index in [0.717, 1.165) is 33.8 Å². The van der Waals surface area contributed by atoms with Gasteiger partial charge in [-0.1, -0.05) is 25.5 Å². The SMILES string of the molecule is Cc1ccc2oc(-c3nc(C(C)C)nc(N)c3C)cc2c1. The number of aryl methyl sites for hydroxylation is 1. The summed E-state index contributed by atoms with van der Waals surface area (Å²) in [6, 6.07) is 8.14. The molecule has 1 aromatic carbocycles. The monoisotopic (exact) mass is 281 g/mol. The molecular weight excluding hydrogens is 262 g/mol. The summed E-state index contributed by atoms with van der Waals surface area (Å²) < 4.78 is 5.93. The van der Waals surface area contributed by atoms with E-state index in [-0.39, 0.29) is 5.92 Å². The number of nitrogen functional groups attached to an aromatic ring is 1. The van der Waals surface area contributed by atoms with Gasteiger partial charge in [0.25, 0.3) is 0 Å². The number of furan rings is 1. The Morgan fingerprint density at radius 1 is 1.10 bits per heavy atom. The third-order valence-electron chi connectivity index (χ3n) is 3.62. The number of fused-ring (bicyclic) bond motifs is 1. The van der Waals surface area contributed by atoms with E-state index in [2.05, 4.69) is 36.8 Å². The number of hydrogen-bond acceptors (Lipinski definition) is 4. The number of nitrogens with zero attached hydrogens (tertiary/aromatic N) is 2. The van der Waals surface area contributed by atoms with Gasteiger partial charge in [-0.25, -0.2) is 9.97 Å². The van der Waals surface area contributed by atoms with Crippen molar-refractivity contribution in [1.82, 2.24) is 9.97 Å². The van der Waals surface area contributed by atoms with Gasteiger partial charge in [-0.3, -0.25) is 0 Å². The average Bonchev–Trinajstić information content (AvgIpc) is 2.84. The fourth-order valence-electron chi connectivity index (χ4n) is 2.33. The molecule has 0 aliphatic heterocycles. The Hall–Kier alpha value is -2.36. The molecule has 0 fully saturated rings. The van der Waals surface area contributed by atoms with Crippen LogP contribution in [0, 0.1) is 13.8 Å². The molecular formula is C17H19N3O. The second-order valence-corrected chi connectivity index (χ2v) is 5.75. The first kappa shape index (κ1) is 13.6. The van der Waals surface area contributed by atoms with Crippen molar-refractivity contribution >= 4 is 16.8 Å². The Bertz CT molecular complexity index is 818. The third-order valence-corrected chi connectivity index (χ3v) is 3.62. The summed E-state index contributed by atoms with van der Waals surface area (Å²) in [7, 11) is 0. The van der Waals surface area contributed by atoms with Gasteiger partial charge >= 0.3 is 0 Å². The normalized spacial score (nSPS) is 11.5. The highest BCUT2D eigenvalue weighted by Crippen LogP contribution is 2.31. The van der Waals surface area contributed by atoms with E-state index in [1.165, 1.54) is 5.56 Å². The summed E-state index contributed by atoms with van der Waals surface area (Å²) in [5.74, 6) is 2.22. The number of nitrogens with two attached hydrogens (primary N) is 1. The van der Waals surface area contributed by atoms with E-state index in [9.17, 15) is 0 Å². The second-order valence-electron chi connectivity index (χ2n) is 5.75. The zero-order valence-corrected chi connectivity index (χ0v) is 12.8. The Balaban J connectivity index is 2.21. The van der Waals surface area contributed by atoms with Gasteiger partial charge in [-0.05, 0) is 32.0 Å². The van der Waals surface area contributed by atoms with Crippen LogP contribution in [0.4, 0.5) is 5.82 Å². The molecule has 0 spiro atoms. The smallest absolute Gasteiger partial charge is 0.154 e. The lowest BCUT2D eigenvalue weighted by Crippen LogP contribution is -2.05. The van der Waals surface area contributed by atoms with Crippen molar-refractivity contribution in [3.63, 3.8) is 0 Å². The predicted molar refractivity (Wildman–Crippen MR) is 85.2 cm³/mol. The van der Waals surface area contributed by atoms with Crippen molar-refractivity contribution in [3.8, 4) is 11.5 Å². The van der Waals surface area contributed by atoms with Gasteiger partial charge < -0.3 is 10.2 Å². The zero-order valence-electron chi connectivity index (χ0n) is 12.8. The minimum atomic E-state index is 0.221.